The summed E-state index contributed by atoms with van der Waals surface area (Å²) < 4.78 is 27.1. The molecule has 1 N–H and O–H groups in total. The van der Waals surface area contributed by atoms with Crippen molar-refractivity contribution < 1.29 is 18.3 Å². The zero-order valence-electron chi connectivity index (χ0n) is 10.8. The Hall–Kier alpha value is -0.570. The van der Waals surface area contributed by atoms with Gasteiger partial charge in [0.05, 0.1) is 10.5 Å². The summed E-state index contributed by atoms with van der Waals surface area (Å²) in [5, 5.41) is 9.07. The fraction of sp³-hybridized carbons (Fsp3) is 0.417. The first-order valence-corrected chi connectivity index (χ1v) is 9.34. The van der Waals surface area contributed by atoms with E-state index in [1.54, 1.807) is 18.7 Å². The molecule has 1 heterocycles. The Balaban J connectivity index is 2.52. The van der Waals surface area contributed by atoms with Gasteiger partial charge in [0.2, 0.25) is 10.0 Å². The van der Waals surface area contributed by atoms with E-state index in [-0.39, 0.29) is 10.5 Å². The Morgan fingerprint density at radius 3 is 2.50 bits per heavy atom. The Labute approximate surface area is 130 Å². The smallest absolute Gasteiger partial charge is 0.335 e. The van der Waals surface area contributed by atoms with Crippen LogP contribution in [0.3, 0.4) is 0 Å². The van der Waals surface area contributed by atoms with Crippen molar-refractivity contribution in [1.29, 1.82) is 0 Å². The molecular formula is C12H14BrNO4S2. The summed E-state index contributed by atoms with van der Waals surface area (Å²) in [4.78, 5) is 11.1. The Kier molecular flexibility index (Phi) is 4.78. The van der Waals surface area contributed by atoms with Gasteiger partial charge in [0, 0.05) is 29.1 Å². The van der Waals surface area contributed by atoms with Gasteiger partial charge in [-0.1, -0.05) is 0 Å². The molecule has 20 heavy (non-hydrogen) atoms. The Morgan fingerprint density at radius 1 is 1.35 bits per heavy atom. The fourth-order valence-corrected chi connectivity index (χ4v) is 5.56. The third kappa shape index (κ3) is 3.03. The van der Waals surface area contributed by atoms with Crippen LogP contribution in [-0.2, 0) is 10.0 Å². The average molecular weight is 380 g/mol. The van der Waals surface area contributed by atoms with Gasteiger partial charge in [0.1, 0.15) is 0 Å². The molecule has 0 unspecified atom stereocenters. The molecule has 0 radical (unpaired) electrons. The number of hydrogen-bond donors (Lipinski definition) is 1. The topological polar surface area (TPSA) is 74.7 Å². The number of nitrogens with zero attached hydrogens (tertiary/aromatic N) is 1. The summed E-state index contributed by atoms with van der Waals surface area (Å²) in [6.45, 7) is 2.59. The van der Waals surface area contributed by atoms with Gasteiger partial charge in [0.25, 0.3) is 0 Å². The summed E-state index contributed by atoms with van der Waals surface area (Å²) in [5.41, 5.74) is 0.575. The van der Waals surface area contributed by atoms with Crippen LogP contribution in [0, 0.1) is 6.92 Å². The van der Waals surface area contributed by atoms with E-state index < -0.39 is 16.0 Å². The lowest BCUT2D eigenvalue weighted by Crippen LogP contribution is -2.38. The van der Waals surface area contributed by atoms with Gasteiger partial charge >= 0.3 is 5.97 Å². The van der Waals surface area contributed by atoms with Crippen LogP contribution in [-0.4, -0.2) is 48.4 Å². The van der Waals surface area contributed by atoms with Crippen molar-refractivity contribution in [1.82, 2.24) is 4.31 Å². The second-order valence-electron chi connectivity index (χ2n) is 4.43. The molecule has 1 aliphatic heterocycles. The summed E-state index contributed by atoms with van der Waals surface area (Å²) in [7, 11) is -3.66. The minimum absolute atomic E-state index is 0.0179. The molecule has 0 atom stereocenters. The number of carboxylic acids is 1. The molecule has 5 nitrogen and oxygen atoms in total. The molecule has 0 aromatic heterocycles. The first-order valence-electron chi connectivity index (χ1n) is 5.95. The van der Waals surface area contributed by atoms with E-state index in [4.69, 9.17) is 5.11 Å². The predicted octanol–water partition coefficient (Wildman–Crippen LogP) is 2.19. The number of carboxylic acid groups (broad SMARTS) is 1. The van der Waals surface area contributed by atoms with Crippen molar-refractivity contribution in [3.05, 3.63) is 27.7 Å². The molecule has 0 aliphatic carbocycles. The normalized spacial score (nSPS) is 17.1. The molecule has 0 amide bonds. The third-order valence-electron chi connectivity index (χ3n) is 3.06. The number of carbonyl (C=O) groups is 1. The molecule has 1 fully saturated rings. The van der Waals surface area contributed by atoms with Crippen LogP contribution in [0.25, 0.3) is 0 Å². The van der Waals surface area contributed by atoms with Gasteiger partial charge in [-0.3, -0.25) is 0 Å². The van der Waals surface area contributed by atoms with Gasteiger partial charge in [-0.05, 0) is 40.5 Å². The highest BCUT2D eigenvalue weighted by Gasteiger charge is 2.29. The molecular weight excluding hydrogens is 366 g/mol. The number of thioether (sulfide) groups is 1. The highest BCUT2D eigenvalue weighted by atomic mass is 79.9. The minimum atomic E-state index is -3.66. The second-order valence-corrected chi connectivity index (χ2v) is 8.35. The molecule has 1 aromatic rings. The quantitative estimate of drug-likeness (QED) is 0.870. The van der Waals surface area contributed by atoms with Crippen LogP contribution in [0.2, 0.25) is 0 Å². The SMILES string of the molecule is Cc1cc(C(=O)O)cc(S(=O)(=O)N2CCSCC2)c1Br. The molecule has 1 saturated heterocycles. The number of aryl methyl sites for hydroxylation is 1. The Bertz CT molecular complexity index is 639. The van der Waals surface area contributed by atoms with Crippen LogP contribution >= 0.6 is 27.7 Å². The minimum Gasteiger partial charge on any atom is -0.478 e. The van der Waals surface area contributed by atoms with Crippen LogP contribution < -0.4 is 0 Å². The standard InChI is InChI=1S/C12H14BrNO4S2/c1-8-6-9(12(15)16)7-10(11(8)13)20(17,18)14-2-4-19-5-3-14/h6-7H,2-5H2,1H3,(H,15,16). The van der Waals surface area contributed by atoms with Gasteiger partial charge in [0.15, 0.2) is 0 Å². The van der Waals surface area contributed by atoms with E-state index in [1.807, 2.05) is 0 Å². The number of aromatic carboxylic acids is 1. The maximum absolute atomic E-state index is 12.6. The van der Waals surface area contributed by atoms with Crippen molar-refractivity contribution in [2.24, 2.45) is 0 Å². The van der Waals surface area contributed by atoms with E-state index >= 15 is 0 Å². The first-order chi connectivity index (χ1) is 9.34. The monoisotopic (exact) mass is 379 g/mol. The second kappa shape index (κ2) is 6.05. The molecule has 110 valence electrons. The Morgan fingerprint density at radius 2 is 1.95 bits per heavy atom. The molecule has 0 spiro atoms. The number of rotatable bonds is 3. The molecule has 8 heteroatoms. The lowest BCUT2D eigenvalue weighted by Gasteiger charge is -2.26. The van der Waals surface area contributed by atoms with Crippen molar-refractivity contribution in [2.45, 2.75) is 11.8 Å². The summed E-state index contributed by atoms with van der Waals surface area (Å²) >= 11 is 4.98. The van der Waals surface area contributed by atoms with Crippen molar-refractivity contribution >= 4 is 43.7 Å². The molecule has 1 aliphatic rings. The highest BCUT2D eigenvalue weighted by molar-refractivity contribution is 9.10. The summed E-state index contributed by atoms with van der Waals surface area (Å²) in [5.74, 6) is 0.384. The maximum atomic E-state index is 12.6. The molecule has 0 saturated carbocycles. The third-order valence-corrected chi connectivity index (χ3v) is 7.24. The van der Waals surface area contributed by atoms with Crippen LogP contribution in [0.4, 0.5) is 0 Å². The van der Waals surface area contributed by atoms with Gasteiger partial charge in [-0.15, -0.1) is 0 Å². The number of benzene rings is 1. The van der Waals surface area contributed by atoms with Crippen molar-refractivity contribution in [3.63, 3.8) is 0 Å². The van der Waals surface area contributed by atoms with E-state index in [1.165, 1.54) is 16.4 Å². The number of hydrogen-bond acceptors (Lipinski definition) is 4. The van der Waals surface area contributed by atoms with Crippen molar-refractivity contribution in [2.75, 3.05) is 24.6 Å². The van der Waals surface area contributed by atoms with Crippen LogP contribution in [0.15, 0.2) is 21.5 Å². The zero-order chi connectivity index (χ0) is 14.9. The summed E-state index contributed by atoms with van der Waals surface area (Å²) in [6.07, 6.45) is 0. The van der Waals surface area contributed by atoms with Crippen LogP contribution in [0.1, 0.15) is 15.9 Å². The lowest BCUT2D eigenvalue weighted by atomic mass is 10.1. The van der Waals surface area contributed by atoms with E-state index in [0.29, 0.717) is 23.1 Å². The van der Waals surface area contributed by atoms with Gasteiger partial charge in [-0.25, -0.2) is 13.2 Å². The zero-order valence-corrected chi connectivity index (χ0v) is 14.0. The van der Waals surface area contributed by atoms with E-state index in [9.17, 15) is 13.2 Å². The van der Waals surface area contributed by atoms with E-state index in [0.717, 1.165) is 11.5 Å². The lowest BCUT2D eigenvalue weighted by molar-refractivity contribution is 0.0696. The number of sulfonamides is 1. The largest absolute Gasteiger partial charge is 0.478 e. The van der Waals surface area contributed by atoms with Gasteiger partial charge < -0.3 is 5.11 Å². The molecule has 0 bridgehead atoms. The van der Waals surface area contributed by atoms with E-state index in [2.05, 4.69) is 15.9 Å². The molecule has 1 aromatic carbocycles. The average Bonchev–Trinajstić information content (AvgIpc) is 2.42. The number of halogens is 1. The summed E-state index contributed by atoms with van der Waals surface area (Å²) in [6, 6.07) is 2.67. The first kappa shape index (κ1) is 15.8. The van der Waals surface area contributed by atoms with Crippen molar-refractivity contribution in [3.8, 4) is 0 Å². The van der Waals surface area contributed by atoms with Crippen LogP contribution in [0.5, 0.6) is 0 Å². The predicted molar refractivity (Wildman–Crippen MR) is 81.9 cm³/mol. The fourth-order valence-electron chi connectivity index (χ4n) is 1.97. The maximum Gasteiger partial charge on any atom is 0.335 e. The molecule has 2 rings (SSSR count). The highest BCUT2D eigenvalue weighted by Crippen LogP contribution is 2.30. The van der Waals surface area contributed by atoms with Gasteiger partial charge in [-0.2, -0.15) is 16.1 Å².